The topological polar surface area (TPSA) is 26.0 Å². The molecular weight excluding hydrogens is 122 g/mol. The molecule has 0 atom stereocenters. The third-order valence-corrected chi connectivity index (χ3v) is 1.48. The van der Waals surface area contributed by atoms with E-state index in [2.05, 4.69) is 19.9 Å². The third-order valence-electron chi connectivity index (χ3n) is 1.48. The van der Waals surface area contributed by atoms with Crippen molar-refractivity contribution in [3.8, 4) is 0 Å². The zero-order valence-corrected chi connectivity index (χ0v) is 7.09. The lowest BCUT2D eigenvalue weighted by Crippen LogP contribution is -2.07. The van der Waals surface area contributed by atoms with Crippen LogP contribution in [0.3, 0.4) is 0 Å². The van der Waals surface area contributed by atoms with Crippen molar-refractivity contribution in [2.75, 3.05) is 6.54 Å². The van der Waals surface area contributed by atoms with Crippen molar-refractivity contribution >= 4 is 0 Å². The first-order valence-corrected chi connectivity index (χ1v) is 3.74. The van der Waals surface area contributed by atoms with E-state index in [0.717, 1.165) is 0 Å². The molecule has 58 valence electrons. The monoisotopic (exact) mass is 139 g/mol. The minimum atomic E-state index is 0.571. The van der Waals surface area contributed by atoms with Crippen molar-refractivity contribution in [2.45, 2.75) is 20.8 Å². The van der Waals surface area contributed by atoms with Crippen LogP contribution < -0.4 is 5.73 Å². The van der Waals surface area contributed by atoms with Crippen LogP contribution in [0, 0.1) is 5.92 Å². The summed E-state index contributed by atoms with van der Waals surface area (Å²) in [6.07, 6.45) is 6.13. The number of nitrogens with two attached hydrogens (primary N) is 1. The Hall–Kier alpha value is -0.560. The summed E-state index contributed by atoms with van der Waals surface area (Å²) >= 11 is 0. The Labute approximate surface area is 63.6 Å². The predicted octanol–water partition coefficient (Wildman–Crippen LogP) is 2.10. The Kier molecular flexibility index (Phi) is 4.95. The molecule has 0 aliphatic rings. The van der Waals surface area contributed by atoms with Gasteiger partial charge in [-0.1, -0.05) is 37.6 Å². The van der Waals surface area contributed by atoms with Crippen LogP contribution in [0.4, 0.5) is 0 Å². The van der Waals surface area contributed by atoms with Crippen LogP contribution in [-0.4, -0.2) is 6.54 Å². The Balaban J connectivity index is 4.04. The van der Waals surface area contributed by atoms with Crippen LogP contribution in [0.1, 0.15) is 20.8 Å². The summed E-state index contributed by atoms with van der Waals surface area (Å²) in [6.45, 7) is 6.98. The minimum absolute atomic E-state index is 0.571. The molecule has 0 aromatic carbocycles. The fraction of sp³-hybridized carbons (Fsp3) is 0.556. The van der Waals surface area contributed by atoms with E-state index in [-0.39, 0.29) is 0 Å². The van der Waals surface area contributed by atoms with Gasteiger partial charge >= 0.3 is 0 Å². The molecule has 0 rings (SSSR count). The van der Waals surface area contributed by atoms with Gasteiger partial charge in [0, 0.05) is 6.54 Å². The normalized spacial score (nSPS) is 13.5. The fourth-order valence-corrected chi connectivity index (χ4v) is 0.716. The molecule has 0 aromatic rings. The second kappa shape index (κ2) is 5.24. The molecule has 2 N–H and O–H groups in total. The molecule has 0 heterocycles. The molecule has 0 spiro atoms. The van der Waals surface area contributed by atoms with Crippen LogP contribution in [0.5, 0.6) is 0 Å². The van der Waals surface area contributed by atoms with E-state index in [1.165, 1.54) is 5.57 Å². The standard InChI is InChI=1S/C9H17N/c1-4-5-6-9(7-10)8(2)3/h4-6,8H,7,10H2,1-3H3/b5-4-,9-6+. The highest BCUT2D eigenvalue weighted by Crippen LogP contribution is 2.06. The second-order valence-electron chi connectivity index (χ2n) is 2.63. The predicted molar refractivity (Wildman–Crippen MR) is 46.8 cm³/mol. The molecule has 1 heteroatoms. The first-order valence-electron chi connectivity index (χ1n) is 3.74. The van der Waals surface area contributed by atoms with Crippen molar-refractivity contribution in [2.24, 2.45) is 11.7 Å². The summed E-state index contributed by atoms with van der Waals surface area (Å²) < 4.78 is 0. The second-order valence-corrected chi connectivity index (χ2v) is 2.63. The van der Waals surface area contributed by atoms with E-state index in [9.17, 15) is 0 Å². The average molecular weight is 139 g/mol. The molecule has 1 nitrogen and oxygen atoms in total. The molecule has 0 saturated heterocycles. The third kappa shape index (κ3) is 3.46. The van der Waals surface area contributed by atoms with E-state index in [1.807, 2.05) is 19.1 Å². The van der Waals surface area contributed by atoms with E-state index < -0.39 is 0 Å². The Morgan fingerprint density at radius 3 is 2.40 bits per heavy atom. The van der Waals surface area contributed by atoms with Crippen molar-refractivity contribution < 1.29 is 0 Å². The maximum absolute atomic E-state index is 5.51. The highest BCUT2D eigenvalue weighted by atomic mass is 14.5. The van der Waals surface area contributed by atoms with Crippen LogP contribution in [0.15, 0.2) is 23.8 Å². The quantitative estimate of drug-likeness (QED) is 0.595. The first kappa shape index (κ1) is 9.44. The molecule has 0 saturated carbocycles. The van der Waals surface area contributed by atoms with Crippen molar-refractivity contribution in [1.82, 2.24) is 0 Å². The average Bonchev–Trinajstić information content (AvgIpc) is 1.89. The zero-order valence-electron chi connectivity index (χ0n) is 7.09. The maximum atomic E-state index is 5.51. The zero-order chi connectivity index (χ0) is 7.98. The van der Waals surface area contributed by atoms with Gasteiger partial charge in [-0.3, -0.25) is 0 Å². The van der Waals surface area contributed by atoms with Crippen LogP contribution in [-0.2, 0) is 0 Å². The molecule has 0 radical (unpaired) electrons. The summed E-state index contributed by atoms with van der Waals surface area (Å²) in [5.74, 6) is 0.571. The molecule has 0 bridgehead atoms. The van der Waals surface area contributed by atoms with Gasteiger partial charge in [0.1, 0.15) is 0 Å². The Bertz CT molecular complexity index is 132. The lowest BCUT2D eigenvalue weighted by atomic mass is 10.0. The van der Waals surface area contributed by atoms with Gasteiger partial charge in [-0.05, 0) is 12.8 Å². The van der Waals surface area contributed by atoms with Gasteiger partial charge in [0.2, 0.25) is 0 Å². The Morgan fingerprint density at radius 2 is 2.10 bits per heavy atom. The SMILES string of the molecule is C/C=C\C=C(/CN)C(C)C. The van der Waals surface area contributed by atoms with Crippen LogP contribution >= 0.6 is 0 Å². The summed E-state index contributed by atoms with van der Waals surface area (Å²) in [4.78, 5) is 0. The molecule has 0 aliphatic carbocycles. The van der Waals surface area contributed by atoms with Crippen molar-refractivity contribution in [1.29, 1.82) is 0 Å². The minimum Gasteiger partial charge on any atom is -0.327 e. The lowest BCUT2D eigenvalue weighted by Gasteiger charge is -2.05. The van der Waals surface area contributed by atoms with E-state index in [0.29, 0.717) is 12.5 Å². The van der Waals surface area contributed by atoms with Gasteiger partial charge < -0.3 is 5.73 Å². The summed E-state index contributed by atoms with van der Waals surface area (Å²) in [5.41, 5.74) is 6.82. The summed E-state index contributed by atoms with van der Waals surface area (Å²) in [6, 6.07) is 0. The maximum Gasteiger partial charge on any atom is 0.0142 e. The number of allylic oxidation sites excluding steroid dienone is 3. The van der Waals surface area contributed by atoms with Gasteiger partial charge in [-0.2, -0.15) is 0 Å². The van der Waals surface area contributed by atoms with Crippen molar-refractivity contribution in [3.63, 3.8) is 0 Å². The van der Waals surface area contributed by atoms with Crippen LogP contribution in [0.25, 0.3) is 0 Å². The van der Waals surface area contributed by atoms with Gasteiger partial charge in [0.25, 0.3) is 0 Å². The first-order chi connectivity index (χ1) is 4.72. The molecular formula is C9H17N. The largest absolute Gasteiger partial charge is 0.327 e. The number of rotatable bonds is 3. The fourth-order valence-electron chi connectivity index (χ4n) is 0.716. The van der Waals surface area contributed by atoms with Gasteiger partial charge in [0.15, 0.2) is 0 Å². The summed E-state index contributed by atoms with van der Waals surface area (Å²) in [7, 11) is 0. The van der Waals surface area contributed by atoms with E-state index in [4.69, 9.17) is 5.73 Å². The van der Waals surface area contributed by atoms with E-state index in [1.54, 1.807) is 0 Å². The van der Waals surface area contributed by atoms with Gasteiger partial charge in [-0.25, -0.2) is 0 Å². The highest BCUT2D eigenvalue weighted by Gasteiger charge is 1.97. The van der Waals surface area contributed by atoms with Crippen LogP contribution in [0.2, 0.25) is 0 Å². The number of hydrogen-bond donors (Lipinski definition) is 1. The highest BCUT2D eigenvalue weighted by molar-refractivity contribution is 5.14. The van der Waals surface area contributed by atoms with Gasteiger partial charge in [0.05, 0.1) is 0 Å². The molecule has 0 unspecified atom stereocenters. The lowest BCUT2D eigenvalue weighted by molar-refractivity contribution is 0.746. The smallest absolute Gasteiger partial charge is 0.0142 e. The molecule has 0 aliphatic heterocycles. The van der Waals surface area contributed by atoms with E-state index >= 15 is 0 Å². The van der Waals surface area contributed by atoms with Crippen molar-refractivity contribution in [3.05, 3.63) is 23.8 Å². The molecule has 10 heavy (non-hydrogen) atoms. The summed E-state index contributed by atoms with van der Waals surface area (Å²) in [5, 5.41) is 0. The molecule has 0 aromatic heterocycles. The molecule has 0 fully saturated rings. The molecule has 0 amide bonds. The number of hydrogen-bond acceptors (Lipinski definition) is 1. The van der Waals surface area contributed by atoms with Gasteiger partial charge in [-0.15, -0.1) is 0 Å². The Morgan fingerprint density at radius 1 is 1.50 bits per heavy atom.